The van der Waals surface area contributed by atoms with Gasteiger partial charge in [0.25, 0.3) is 0 Å². The van der Waals surface area contributed by atoms with Crippen molar-refractivity contribution in [1.29, 1.82) is 0 Å². The fourth-order valence-corrected chi connectivity index (χ4v) is 2.90. The molecule has 0 unspecified atom stereocenters. The molecule has 0 fully saturated rings. The second-order valence-corrected chi connectivity index (χ2v) is 6.12. The number of hydrogen-bond acceptors (Lipinski definition) is 5. The molecule has 23 heavy (non-hydrogen) atoms. The van der Waals surface area contributed by atoms with Gasteiger partial charge < -0.3 is 20.3 Å². The Labute approximate surface area is 139 Å². The van der Waals surface area contributed by atoms with Crippen LogP contribution in [0.2, 0.25) is 0 Å². The molecule has 0 aromatic heterocycles. The molecular formula is C17H19NO4S. The number of ether oxygens (including phenoxy) is 1. The first kappa shape index (κ1) is 17.0. The Morgan fingerprint density at radius 3 is 2.57 bits per heavy atom. The molecule has 0 aliphatic heterocycles. The van der Waals surface area contributed by atoms with Crippen LogP contribution in [0.4, 0.5) is 5.69 Å². The molecule has 3 N–H and O–H groups in total. The minimum absolute atomic E-state index is 0.0350. The molecule has 6 heteroatoms. The number of carboxylic acids is 1. The van der Waals surface area contributed by atoms with Gasteiger partial charge in [0.1, 0.15) is 0 Å². The van der Waals surface area contributed by atoms with Crippen LogP contribution in [0.5, 0.6) is 11.5 Å². The largest absolute Gasteiger partial charge is 0.504 e. The number of phenolic OH excluding ortho intramolecular Hbond substituents is 1. The van der Waals surface area contributed by atoms with E-state index in [1.54, 1.807) is 18.2 Å². The van der Waals surface area contributed by atoms with Gasteiger partial charge in [-0.2, -0.15) is 0 Å². The number of aliphatic carboxylic acids is 1. The first-order chi connectivity index (χ1) is 11.0. The maximum absolute atomic E-state index is 10.9. The van der Waals surface area contributed by atoms with Crippen molar-refractivity contribution in [2.75, 3.05) is 18.2 Å². The van der Waals surface area contributed by atoms with E-state index in [0.29, 0.717) is 5.75 Å². The summed E-state index contributed by atoms with van der Waals surface area (Å²) in [7, 11) is 1.48. The van der Waals surface area contributed by atoms with Crippen LogP contribution in [-0.4, -0.2) is 29.0 Å². The number of aromatic hydroxyl groups is 1. The van der Waals surface area contributed by atoms with Crippen molar-refractivity contribution in [3.63, 3.8) is 0 Å². The molecule has 0 bridgehead atoms. The van der Waals surface area contributed by atoms with Gasteiger partial charge in [-0.15, -0.1) is 11.8 Å². The van der Waals surface area contributed by atoms with Crippen molar-refractivity contribution in [1.82, 2.24) is 0 Å². The van der Waals surface area contributed by atoms with Crippen LogP contribution in [0.3, 0.4) is 0 Å². The topological polar surface area (TPSA) is 78.8 Å². The van der Waals surface area contributed by atoms with Crippen molar-refractivity contribution >= 4 is 23.4 Å². The van der Waals surface area contributed by atoms with E-state index in [2.05, 4.69) is 5.32 Å². The number of nitrogens with one attached hydrogen (secondary N) is 1. The second kappa shape index (κ2) is 7.78. The Kier molecular flexibility index (Phi) is 5.76. The molecule has 0 heterocycles. The predicted octanol–water partition coefficient (Wildman–Crippen LogP) is 3.64. The lowest BCUT2D eigenvalue weighted by molar-refractivity contribution is -0.133. The summed E-state index contributed by atoms with van der Waals surface area (Å²) >= 11 is 1.26. The van der Waals surface area contributed by atoms with Gasteiger partial charge in [0.15, 0.2) is 11.5 Å². The van der Waals surface area contributed by atoms with E-state index >= 15 is 0 Å². The van der Waals surface area contributed by atoms with Crippen LogP contribution in [-0.2, 0) is 4.79 Å². The van der Waals surface area contributed by atoms with Gasteiger partial charge in [-0.05, 0) is 36.8 Å². The van der Waals surface area contributed by atoms with Gasteiger partial charge in [0.05, 0.1) is 18.2 Å². The van der Waals surface area contributed by atoms with Gasteiger partial charge >= 0.3 is 5.97 Å². The second-order valence-electron chi connectivity index (χ2n) is 5.03. The Morgan fingerprint density at radius 1 is 1.26 bits per heavy atom. The number of benzene rings is 2. The maximum Gasteiger partial charge on any atom is 0.313 e. The zero-order chi connectivity index (χ0) is 16.8. The van der Waals surface area contributed by atoms with E-state index in [-0.39, 0.29) is 16.9 Å². The van der Waals surface area contributed by atoms with Crippen molar-refractivity contribution in [2.45, 2.75) is 12.3 Å². The number of thioether (sulfide) groups is 1. The third-order valence-corrected chi connectivity index (χ3v) is 4.37. The summed E-state index contributed by atoms with van der Waals surface area (Å²) in [4.78, 5) is 10.9. The van der Waals surface area contributed by atoms with Crippen LogP contribution in [0.15, 0.2) is 42.5 Å². The standard InChI is InChI=1S/C17H19NO4S/c1-11-3-6-13(7-4-11)18-17(23-10-16(20)21)12-5-8-14(19)15(9-12)22-2/h3-9,17-19H,10H2,1-2H3,(H,20,21)/t17-/m1/s1. The number of phenols is 1. The van der Waals surface area contributed by atoms with Crippen molar-refractivity contribution in [3.05, 3.63) is 53.6 Å². The molecule has 0 radical (unpaired) electrons. The third kappa shape index (κ3) is 4.82. The molecule has 5 nitrogen and oxygen atoms in total. The number of carbonyl (C=O) groups is 1. The molecule has 122 valence electrons. The van der Waals surface area contributed by atoms with E-state index in [4.69, 9.17) is 9.84 Å². The molecule has 0 aliphatic carbocycles. The van der Waals surface area contributed by atoms with E-state index in [1.807, 2.05) is 31.2 Å². The number of aryl methyl sites for hydroxylation is 1. The average molecular weight is 333 g/mol. The van der Waals surface area contributed by atoms with Crippen molar-refractivity contribution < 1.29 is 19.7 Å². The third-order valence-electron chi connectivity index (χ3n) is 3.23. The first-order valence-electron chi connectivity index (χ1n) is 7.03. The molecule has 0 aliphatic rings. The summed E-state index contributed by atoms with van der Waals surface area (Å²) in [5.41, 5.74) is 2.87. The highest BCUT2D eigenvalue weighted by Crippen LogP contribution is 2.35. The van der Waals surface area contributed by atoms with E-state index in [1.165, 1.54) is 18.9 Å². The van der Waals surface area contributed by atoms with Crippen LogP contribution >= 0.6 is 11.8 Å². The Bertz CT molecular complexity index is 673. The first-order valence-corrected chi connectivity index (χ1v) is 8.08. The van der Waals surface area contributed by atoms with Crippen LogP contribution in [0.1, 0.15) is 16.5 Å². The summed E-state index contributed by atoms with van der Waals surface area (Å²) in [6, 6.07) is 12.9. The Hall–Kier alpha value is -2.34. The lowest BCUT2D eigenvalue weighted by atomic mass is 10.2. The Balaban J connectivity index is 2.25. The average Bonchev–Trinajstić information content (AvgIpc) is 2.53. The normalized spacial score (nSPS) is 11.7. The van der Waals surface area contributed by atoms with Crippen molar-refractivity contribution in [2.24, 2.45) is 0 Å². The minimum Gasteiger partial charge on any atom is -0.504 e. The number of rotatable bonds is 7. The molecular weight excluding hydrogens is 314 g/mol. The SMILES string of the molecule is COc1cc([C@H](Nc2ccc(C)cc2)SCC(=O)O)ccc1O. The molecule has 0 spiro atoms. The molecule has 1 atom stereocenters. The zero-order valence-corrected chi connectivity index (χ0v) is 13.8. The highest BCUT2D eigenvalue weighted by Gasteiger charge is 2.16. The molecule has 2 aromatic carbocycles. The number of anilines is 1. The fraction of sp³-hybridized carbons (Fsp3) is 0.235. The summed E-state index contributed by atoms with van der Waals surface area (Å²) < 4.78 is 5.12. The summed E-state index contributed by atoms with van der Waals surface area (Å²) in [6.07, 6.45) is 0. The van der Waals surface area contributed by atoms with Crippen LogP contribution < -0.4 is 10.1 Å². The lowest BCUT2D eigenvalue weighted by Gasteiger charge is -2.20. The molecule has 0 amide bonds. The highest BCUT2D eigenvalue weighted by atomic mass is 32.2. The van der Waals surface area contributed by atoms with E-state index < -0.39 is 5.97 Å². The van der Waals surface area contributed by atoms with Gasteiger partial charge in [-0.1, -0.05) is 23.8 Å². The van der Waals surface area contributed by atoms with Crippen LogP contribution in [0.25, 0.3) is 0 Å². The number of methoxy groups -OCH3 is 1. The highest BCUT2D eigenvalue weighted by molar-refractivity contribution is 8.00. The fourth-order valence-electron chi connectivity index (χ4n) is 2.03. The van der Waals surface area contributed by atoms with E-state index in [9.17, 15) is 9.90 Å². The molecule has 0 saturated carbocycles. The number of hydrogen-bond donors (Lipinski definition) is 3. The van der Waals surface area contributed by atoms with Gasteiger partial charge in [0, 0.05) is 5.69 Å². The Morgan fingerprint density at radius 2 is 1.96 bits per heavy atom. The lowest BCUT2D eigenvalue weighted by Crippen LogP contribution is -2.11. The quantitative estimate of drug-likeness (QED) is 0.672. The maximum atomic E-state index is 10.9. The molecule has 2 aromatic rings. The monoisotopic (exact) mass is 333 g/mol. The van der Waals surface area contributed by atoms with Gasteiger partial charge in [-0.3, -0.25) is 4.79 Å². The zero-order valence-electron chi connectivity index (χ0n) is 12.9. The van der Waals surface area contributed by atoms with Gasteiger partial charge in [0.2, 0.25) is 0 Å². The number of carboxylic acid groups (broad SMARTS) is 1. The summed E-state index contributed by atoms with van der Waals surface area (Å²) in [5, 5.41) is 21.7. The van der Waals surface area contributed by atoms with E-state index in [0.717, 1.165) is 16.8 Å². The van der Waals surface area contributed by atoms with Gasteiger partial charge in [-0.25, -0.2) is 0 Å². The van der Waals surface area contributed by atoms with Crippen LogP contribution in [0, 0.1) is 6.92 Å². The predicted molar refractivity (Wildman–Crippen MR) is 92.3 cm³/mol. The molecule has 0 saturated heterocycles. The van der Waals surface area contributed by atoms with Crippen molar-refractivity contribution in [3.8, 4) is 11.5 Å². The summed E-state index contributed by atoms with van der Waals surface area (Å²) in [6.45, 7) is 2.01. The minimum atomic E-state index is -0.878. The summed E-state index contributed by atoms with van der Waals surface area (Å²) in [5.74, 6) is -0.508. The molecule has 2 rings (SSSR count). The smallest absolute Gasteiger partial charge is 0.313 e.